The summed E-state index contributed by atoms with van der Waals surface area (Å²) < 4.78 is 11.2. The SMILES string of the molecule is CCCOc1ccc(CN=C(NCC)NCCc2ncc(CC)s2)cc1OC. The summed E-state index contributed by atoms with van der Waals surface area (Å²) in [5, 5.41) is 7.83. The maximum absolute atomic E-state index is 5.71. The third-order valence-corrected chi connectivity index (χ3v) is 5.24. The maximum atomic E-state index is 5.71. The molecule has 2 N–H and O–H groups in total. The zero-order valence-electron chi connectivity index (χ0n) is 17.4. The number of thiazole rings is 1. The first-order valence-electron chi connectivity index (χ1n) is 9.95. The maximum Gasteiger partial charge on any atom is 0.191 e. The number of benzene rings is 1. The number of aromatic nitrogens is 1. The van der Waals surface area contributed by atoms with Crippen molar-refractivity contribution in [3.05, 3.63) is 39.8 Å². The highest BCUT2D eigenvalue weighted by molar-refractivity contribution is 7.11. The van der Waals surface area contributed by atoms with Crippen molar-refractivity contribution in [2.45, 2.75) is 46.6 Å². The standard InChI is InChI=1S/C21H32N4O2S/c1-5-12-27-18-9-8-16(13-19(18)26-4)14-25-21(22-7-3)23-11-10-20-24-15-17(6-2)28-20/h8-9,13,15H,5-7,10-12,14H2,1-4H3,(H2,22,23,25). The van der Waals surface area contributed by atoms with Gasteiger partial charge in [0.25, 0.3) is 0 Å². The van der Waals surface area contributed by atoms with Crippen molar-refractivity contribution in [2.24, 2.45) is 4.99 Å². The van der Waals surface area contributed by atoms with Crippen LogP contribution in [0.3, 0.4) is 0 Å². The monoisotopic (exact) mass is 404 g/mol. The van der Waals surface area contributed by atoms with Crippen LogP contribution in [0, 0.1) is 0 Å². The molecule has 0 aliphatic carbocycles. The lowest BCUT2D eigenvalue weighted by molar-refractivity contribution is 0.294. The molecule has 7 heteroatoms. The summed E-state index contributed by atoms with van der Waals surface area (Å²) in [6, 6.07) is 5.97. The highest BCUT2D eigenvalue weighted by atomic mass is 32.1. The summed E-state index contributed by atoms with van der Waals surface area (Å²) in [6.45, 7) is 9.17. The summed E-state index contributed by atoms with van der Waals surface area (Å²) in [5.41, 5.74) is 1.07. The fourth-order valence-corrected chi connectivity index (χ4v) is 3.43. The first-order valence-corrected chi connectivity index (χ1v) is 10.8. The van der Waals surface area contributed by atoms with Crippen LogP contribution in [0.25, 0.3) is 0 Å². The molecular weight excluding hydrogens is 372 g/mol. The van der Waals surface area contributed by atoms with Gasteiger partial charge in [-0.2, -0.15) is 0 Å². The smallest absolute Gasteiger partial charge is 0.191 e. The summed E-state index contributed by atoms with van der Waals surface area (Å²) in [4.78, 5) is 10.5. The minimum atomic E-state index is 0.566. The van der Waals surface area contributed by atoms with Gasteiger partial charge in [-0.3, -0.25) is 0 Å². The van der Waals surface area contributed by atoms with E-state index in [0.717, 1.165) is 60.4 Å². The first-order chi connectivity index (χ1) is 13.7. The predicted octanol–water partition coefficient (Wildman–Crippen LogP) is 3.80. The number of hydrogen-bond acceptors (Lipinski definition) is 5. The second kappa shape index (κ2) is 12.2. The molecule has 0 aliphatic heterocycles. The Kier molecular flexibility index (Phi) is 9.62. The molecule has 2 rings (SSSR count). The molecule has 0 spiro atoms. The lowest BCUT2D eigenvalue weighted by atomic mass is 10.2. The molecule has 0 bridgehead atoms. The Morgan fingerprint density at radius 1 is 1.18 bits per heavy atom. The van der Waals surface area contributed by atoms with Crippen LogP contribution in [0.15, 0.2) is 29.4 Å². The molecule has 0 aliphatic rings. The van der Waals surface area contributed by atoms with Crippen molar-refractivity contribution >= 4 is 17.3 Å². The number of methoxy groups -OCH3 is 1. The van der Waals surface area contributed by atoms with Gasteiger partial charge >= 0.3 is 0 Å². The van der Waals surface area contributed by atoms with E-state index >= 15 is 0 Å². The third-order valence-electron chi connectivity index (χ3n) is 4.03. The average molecular weight is 405 g/mol. The molecule has 0 saturated carbocycles. The Hall–Kier alpha value is -2.28. The predicted molar refractivity (Wildman–Crippen MR) is 117 cm³/mol. The Bertz CT molecular complexity index is 746. The van der Waals surface area contributed by atoms with Gasteiger partial charge in [0.2, 0.25) is 0 Å². The van der Waals surface area contributed by atoms with Crippen molar-refractivity contribution in [3.63, 3.8) is 0 Å². The van der Waals surface area contributed by atoms with Gasteiger partial charge in [-0.05, 0) is 37.5 Å². The molecule has 2 aromatic rings. The van der Waals surface area contributed by atoms with Gasteiger partial charge < -0.3 is 20.1 Å². The van der Waals surface area contributed by atoms with Crippen molar-refractivity contribution in [1.82, 2.24) is 15.6 Å². The Morgan fingerprint density at radius 3 is 2.71 bits per heavy atom. The molecule has 1 heterocycles. The molecule has 0 fully saturated rings. The topological polar surface area (TPSA) is 67.8 Å². The van der Waals surface area contributed by atoms with Gasteiger partial charge in [0.15, 0.2) is 17.5 Å². The van der Waals surface area contributed by atoms with Crippen LogP contribution in [0.2, 0.25) is 0 Å². The minimum Gasteiger partial charge on any atom is -0.493 e. The second-order valence-corrected chi connectivity index (χ2v) is 7.48. The first kappa shape index (κ1) is 22.0. The fraction of sp³-hybridized carbons (Fsp3) is 0.524. The number of guanidine groups is 1. The average Bonchev–Trinajstić information content (AvgIpc) is 3.18. The number of aliphatic imine (C=N–C) groups is 1. The van der Waals surface area contributed by atoms with E-state index in [9.17, 15) is 0 Å². The lowest BCUT2D eigenvalue weighted by Gasteiger charge is -2.12. The van der Waals surface area contributed by atoms with E-state index in [0.29, 0.717) is 13.2 Å². The van der Waals surface area contributed by atoms with E-state index in [4.69, 9.17) is 9.47 Å². The molecule has 1 aromatic carbocycles. The quantitative estimate of drug-likeness (QED) is 0.440. The van der Waals surface area contributed by atoms with Crippen LogP contribution >= 0.6 is 11.3 Å². The summed E-state index contributed by atoms with van der Waals surface area (Å²) in [5.74, 6) is 2.33. The normalized spacial score (nSPS) is 11.4. The second-order valence-electron chi connectivity index (χ2n) is 6.28. The zero-order chi connectivity index (χ0) is 20.2. The molecule has 0 atom stereocenters. The van der Waals surface area contributed by atoms with Crippen molar-refractivity contribution in [2.75, 3.05) is 26.8 Å². The molecule has 0 unspecified atom stereocenters. The van der Waals surface area contributed by atoms with Crippen LogP contribution in [0.1, 0.15) is 42.6 Å². The van der Waals surface area contributed by atoms with Gasteiger partial charge in [0.1, 0.15) is 0 Å². The van der Waals surface area contributed by atoms with E-state index in [1.807, 2.05) is 24.4 Å². The largest absolute Gasteiger partial charge is 0.493 e. The van der Waals surface area contributed by atoms with E-state index < -0.39 is 0 Å². The van der Waals surface area contributed by atoms with Gasteiger partial charge in [-0.1, -0.05) is 19.9 Å². The molecular formula is C21H32N4O2S. The van der Waals surface area contributed by atoms with Gasteiger partial charge in [-0.25, -0.2) is 9.98 Å². The number of rotatable bonds is 11. The van der Waals surface area contributed by atoms with Crippen LogP contribution < -0.4 is 20.1 Å². The molecule has 1 aromatic heterocycles. The molecule has 0 radical (unpaired) electrons. The Morgan fingerprint density at radius 2 is 2.04 bits per heavy atom. The number of nitrogens with zero attached hydrogens (tertiary/aromatic N) is 2. The van der Waals surface area contributed by atoms with Crippen LogP contribution in [-0.4, -0.2) is 37.7 Å². The van der Waals surface area contributed by atoms with Gasteiger partial charge in [0.05, 0.1) is 25.3 Å². The Balaban J connectivity index is 1.93. The number of nitrogens with one attached hydrogen (secondary N) is 2. The van der Waals surface area contributed by atoms with Crippen LogP contribution in [-0.2, 0) is 19.4 Å². The van der Waals surface area contributed by atoms with E-state index in [-0.39, 0.29) is 0 Å². The van der Waals surface area contributed by atoms with Crippen molar-refractivity contribution in [1.29, 1.82) is 0 Å². The van der Waals surface area contributed by atoms with Gasteiger partial charge in [-0.15, -0.1) is 11.3 Å². The number of aryl methyl sites for hydroxylation is 1. The van der Waals surface area contributed by atoms with E-state index in [2.05, 4.69) is 41.4 Å². The zero-order valence-corrected chi connectivity index (χ0v) is 18.2. The molecule has 6 nitrogen and oxygen atoms in total. The lowest BCUT2D eigenvalue weighted by Crippen LogP contribution is -2.38. The third kappa shape index (κ3) is 7.03. The minimum absolute atomic E-state index is 0.566. The number of ether oxygens (including phenoxy) is 2. The van der Waals surface area contributed by atoms with Crippen LogP contribution in [0.4, 0.5) is 0 Å². The van der Waals surface area contributed by atoms with Crippen molar-refractivity contribution < 1.29 is 9.47 Å². The molecule has 0 amide bonds. The Labute approximate surface area is 172 Å². The molecule has 28 heavy (non-hydrogen) atoms. The van der Waals surface area contributed by atoms with Crippen LogP contribution in [0.5, 0.6) is 11.5 Å². The molecule has 0 saturated heterocycles. The van der Waals surface area contributed by atoms with Crippen molar-refractivity contribution in [3.8, 4) is 11.5 Å². The highest BCUT2D eigenvalue weighted by Crippen LogP contribution is 2.28. The fourth-order valence-electron chi connectivity index (χ4n) is 2.57. The number of hydrogen-bond donors (Lipinski definition) is 2. The highest BCUT2D eigenvalue weighted by Gasteiger charge is 2.06. The summed E-state index contributed by atoms with van der Waals surface area (Å²) in [7, 11) is 1.66. The van der Waals surface area contributed by atoms with E-state index in [1.165, 1.54) is 4.88 Å². The van der Waals surface area contributed by atoms with Gasteiger partial charge in [0, 0.05) is 30.6 Å². The molecule has 154 valence electrons. The summed E-state index contributed by atoms with van der Waals surface area (Å²) >= 11 is 1.78. The van der Waals surface area contributed by atoms with E-state index in [1.54, 1.807) is 18.4 Å². The summed E-state index contributed by atoms with van der Waals surface area (Å²) in [6.07, 6.45) is 4.88.